The van der Waals surface area contributed by atoms with Gasteiger partial charge in [0.05, 0.1) is 0 Å². The second-order valence-electron chi connectivity index (χ2n) is 11.5. The van der Waals surface area contributed by atoms with E-state index >= 15 is 0 Å². The molecule has 1 heterocycles. The molecule has 0 aromatic rings. The number of hydrogen-bond donors (Lipinski definition) is 0. The lowest BCUT2D eigenvalue weighted by Gasteiger charge is -2.60. The van der Waals surface area contributed by atoms with E-state index in [9.17, 15) is 9.59 Å². The van der Waals surface area contributed by atoms with Crippen LogP contribution in [0.2, 0.25) is 0 Å². The van der Waals surface area contributed by atoms with Crippen LogP contribution in [0, 0.1) is 52.3 Å². The first kappa shape index (κ1) is 15.8. The van der Waals surface area contributed by atoms with E-state index in [1.165, 1.54) is 31.3 Å². The maximum Gasteiger partial charge on any atom is 0.306 e. The highest BCUT2D eigenvalue weighted by molar-refractivity contribution is 5.92. The highest BCUT2D eigenvalue weighted by Gasteiger charge is 2.81. The van der Waals surface area contributed by atoms with Gasteiger partial charge in [0.25, 0.3) is 0 Å². The van der Waals surface area contributed by atoms with Crippen LogP contribution in [0.15, 0.2) is 11.6 Å². The average molecular weight is 367 g/mol. The predicted molar refractivity (Wildman–Crippen MR) is 99.5 cm³/mol. The fourth-order valence-electron chi connectivity index (χ4n) is 9.74. The summed E-state index contributed by atoms with van der Waals surface area (Å²) in [6.45, 7) is 4.99. The molecule has 5 saturated carbocycles. The monoisotopic (exact) mass is 366 g/mol. The van der Waals surface area contributed by atoms with Crippen molar-refractivity contribution in [1.29, 1.82) is 0 Å². The number of ketones is 1. The van der Waals surface area contributed by atoms with Crippen LogP contribution in [0.1, 0.15) is 65.2 Å². The molecule has 1 aliphatic heterocycles. The van der Waals surface area contributed by atoms with E-state index in [4.69, 9.17) is 4.74 Å². The van der Waals surface area contributed by atoms with Gasteiger partial charge < -0.3 is 4.74 Å². The van der Waals surface area contributed by atoms with Gasteiger partial charge in [-0.25, -0.2) is 0 Å². The largest absolute Gasteiger partial charge is 0.458 e. The maximum absolute atomic E-state index is 12.2. The van der Waals surface area contributed by atoms with Crippen molar-refractivity contribution in [2.75, 3.05) is 0 Å². The Hall–Kier alpha value is -1.12. The molecule has 7 rings (SSSR count). The molecule has 0 N–H and O–H groups in total. The minimum absolute atomic E-state index is 0.0561. The SMILES string of the molecule is C[C@]12CCC(=O)C=C1C1CC1[C@H]1[C@@H]3[C@@H]4C[C@@H]4[C@]4(CCC(=O)O4)[C@@]3(C)CC[C@@H]12. The van der Waals surface area contributed by atoms with Crippen LogP contribution in [0.4, 0.5) is 0 Å². The van der Waals surface area contributed by atoms with Crippen LogP contribution in [0.3, 0.4) is 0 Å². The van der Waals surface area contributed by atoms with E-state index < -0.39 is 0 Å². The Kier molecular flexibility index (Phi) is 2.56. The molecule has 1 spiro atoms. The third-order valence-electron chi connectivity index (χ3n) is 10.9. The summed E-state index contributed by atoms with van der Waals surface area (Å²) < 4.78 is 6.22. The lowest BCUT2D eigenvalue weighted by molar-refractivity contribution is -0.177. The first-order valence-corrected chi connectivity index (χ1v) is 11.4. The molecule has 7 aliphatic rings. The fourth-order valence-corrected chi connectivity index (χ4v) is 9.74. The highest BCUT2D eigenvalue weighted by Crippen LogP contribution is 2.82. The standard InChI is InChI=1S/C24H30O3/c1-22-6-3-12(25)9-17(22)13-10-14(13)20-16(22)4-7-23(2)21(20)15-11-18(15)24(23)8-5-19(26)27-24/h9,13-16,18,20-21H,3-8,10-11H2,1-2H3/t13?,14?,15-,16+,18+,20-,21+,22-,23+,24-/m1/s1. The highest BCUT2D eigenvalue weighted by atomic mass is 16.6. The molecule has 6 aliphatic carbocycles. The van der Waals surface area contributed by atoms with Gasteiger partial charge in [0.15, 0.2) is 5.78 Å². The van der Waals surface area contributed by atoms with Crippen molar-refractivity contribution in [1.82, 2.24) is 0 Å². The third kappa shape index (κ3) is 1.58. The Labute approximate surface area is 161 Å². The second kappa shape index (κ2) is 4.39. The minimum atomic E-state index is -0.131. The molecule has 2 unspecified atom stereocenters. The van der Waals surface area contributed by atoms with Crippen molar-refractivity contribution < 1.29 is 14.3 Å². The molecule has 27 heavy (non-hydrogen) atoms. The van der Waals surface area contributed by atoms with Gasteiger partial charge in [-0.3, -0.25) is 9.59 Å². The number of ether oxygens (including phenoxy) is 1. The van der Waals surface area contributed by atoms with E-state index in [2.05, 4.69) is 19.9 Å². The Morgan fingerprint density at radius 3 is 2.63 bits per heavy atom. The number of fused-ring (bicyclic) bond motifs is 12. The summed E-state index contributed by atoms with van der Waals surface area (Å²) in [5.74, 6) is 5.65. The quantitative estimate of drug-likeness (QED) is 0.600. The van der Waals surface area contributed by atoms with Gasteiger partial charge in [-0.2, -0.15) is 0 Å². The molecule has 3 heteroatoms. The maximum atomic E-state index is 12.2. The predicted octanol–water partition coefficient (Wildman–Crippen LogP) is 4.31. The molecule has 6 fully saturated rings. The van der Waals surface area contributed by atoms with E-state index in [1.807, 2.05) is 0 Å². The van der Waals surface area contributed by atoms with Crippen molar-refractivity contribution in [3.05, 3.63) is 11.6 Å². The zero-order valence-corrected chi connectivity index (χ0v) is 16.5. The van der Waals surface area contributed by atoms with Gasteiger partial charge in [0.2, 0.25) is 0 Å². The molecular weight excluding hydrogens is 336 g/mol. The lowest BCUT2D eigenvalue weighted by Crippen LogP contribution is -2.57. The Morgan fingerprint density at radius 2 is 1.85 bits per heavy atom. The molecule has 0 radical (unpaired) electrons. The topological polar surface area (TPSA) is 43.4 Å². The molecule has 0 aromatic heterocycles. The number of carbonyl (C=O) groups is 2. The van der Waals surface area contributed by atoms with Gasteiger partial charge in [-0.15, -0.1) is 0 Å². The van der Waals surface area contributed by atoms with Crippen molar-refractivity contribution >= 4 is 11.8 Å². The van der Waals surface area contributed by atoms with E-state index in [0.717, 1.165) is 48.9 Å². The number of rotatable bonds is 0. The number of hydrogen-bond acceptors (Lipinski definition) is 3. The van der Waals surface area contributed by atoms with Crippen molar-refractivity contribution in [2.45, 2.75) is 70.8 Å². The van der Waals surface area contributed by atoms with E-state index in [-0.39, 0.29) is 22.4 Å². The molecule has 0 aromatic carbocycles. The van der Waals surface area contributed by atoms with Gasteiger partial charge in [-0.05, 0) is 85.5 Å². The zero-order valence-electron chi connectivity index (χ0n) is 16.5. The van der Waals surface area contributed by atoms with Crippen molar-refractivity contribution in [2.24, 2.45) is 52.3 Å². The van der Waals surface area contributed by atoms with Gasteiger partial charge >= 0.3 is 5.97 Å². The smallest absolute Gasteiger partial charge is 0.306 e. The van der Waals surface area contributed by atoms with Gasteiger partial charge in [0, 0.05) is 24.2 Å². The number of allylic oxidation sites excluding steroid dienone is 1. The van der Waals surface area contributed by atoms with Crippen LogP contribution in [-0.2, 0) is 14.3 Å². The normalized spacial score (nSPS) is 62.0. The van der Waals surface area contributed by atoms with E-state index in [0.29, 0.717) is 24.0 Å². The van der Waals surface area contributed by atoms with Crippen molar-refractivity contribution in [3.8, 4) is 0 Å². The first-order chi connectivity index (χ1) is 12.9. The number of carbonyl (C=O) groups excluding carboxylic acids is 2. The van der Waals surface area contributed by atoms with Crippen LogP contribution >= 0.6 is 0 Å². The third-order valence-corrected chi connectivity index (χ3v) is 10.9. The summed E-state index contributed by atoms with van der Waals surface area (Å²) in [5.41, 5.74) is 1.85. The molecule has 0 amide bonds. The minimum Gasteiger partial charge on any atom is -0.458 e. The van der Waals surface area contributed by atoms with Crippen LogP contribution < -0.4 is 0 Å². The summed E-state index contributed by atoms with van der Waals surface area (Å²) in [5, 5.41) is 0. The Balaban J connectivity index is 1.33. The average Bonchev–Trinajstić information content (AvgIpc) is 3.53. The second-order valence-corrected chi connectivity index (χ2v) is 11.5. The molecule has 10 atom stereocenters. The fraction of sp³-hybridized carbons (Fsp3) is 0.833. The Bertz CT molecular complexity index is 827. The van der Waals surface area contributed by atoms with Crippen LogP contribution in [0.5, 0.6) is 0 Å². The zero-order chi connectivity index (χ0) is 18.3. The molecular formula is C24H30O3. The van der Waals surface area contributed by atoms with Crippen molar-refractivity contribution in [3.63, 3.8) is 0 Å². The molecule has 1 saturated heterocycles. The summed E-state index contributed by atoms with van der Waals surface area (Å²) in [7, 11) is 0. The summed E-state index contributed by atoms with van der Waals surface area (Å²) in [4.78, 5) is 24.3. The van der Waals surface area contributed by atoms with Gasteiger partial charge in [0.1, 0.15) is 5.60 Å². The molecule has 3 nitrogen and oxygen atoms in total. The first-order valence-electron chi connectivity index (χ1n) is 11.4. The summed E-state index contributed by atoms with van der Waals surface area (Å²) >= 11 is 0. The number of esters is 1. The van der Waals surface area contributed by atoms with Crippen LogP contribution in [-0.4, -0.2) is 17.4 Å². The molecule has 0 bridgehead atoms. The molecule has 144 valence electrons. The van der Waals surface area contributed by atoms with E-state index in [1.54, 1.807) is 0 Å². The van der Waals surface area contributed by atoms with Crippen LogP contribution in [0.25, 0.3) is 0 Å². The summed E-state index contributed by atoms with van der Waals surface area (Å²) in [6, 6.07) is 0. The summed E-state index contributed by atoms with van der Waals surface area (Å²) in [6.07, 6.45) is 10.6. The Morgan fingerprint density at radius 1 is 1.00 bits per heavy atom. The van der Waals surface area contributed by atoms with Gasteiger partial charge in [-0.1, -0.05) is 19.4 Å². The lowest BCUT2D eigenvalue weighted by atomic mass is 9.45.